The molecule has 2 saturated carbocycles. The van der Waals surface area contributed by atoms with Crippen LogP contribution in [-0.4, -0.2) is 13.1 Å². The molecule has 0 amide bonds. The Bertz CT molecular complexity index is 175. The fraction of sp³-hybridized carbons (Fsp3) is 0.875. The molecule has 0 aromatic heterocycles. The van der Waals surface area contributed by atoms with E-state index in [9.17, 15) is 4.79 Å². The smallest absolute Gasteiger partial charge is 0.309 e. The number of rotatable bonds is 1. The summed E-state index contributed by atoms with van der Waals surface area (Å²) in [6, 6.07) is 0. The summed E-state index contributed by atoms with van der Waals surface area (Å²) in [4.78, 5) is 11.0. The van der Waals surface area contributed by atoms with Crippen LogP contribution in [0.5, 0.6) is 0 Å². The molecule has 0 bridgehead atoms. The summed E-state index contributed by atoms with van der Waals surface area (Å²) in [6.07, 6.45) is 4.92. The number of halogens is 1. The van der Waals surface area contributed by atoms with E-state index in [2.05, 4.69) is 4.74 Å². The van der Waals surface area contributed by atoms with E-state index >= 15 is 0 Å². The van der Waals surface area contributed by atoms with Crippen molar-refractivity contribution >= 4 is 18.4 Å². The number of hydrogen-bond donors (Lipinski definition) is 0. The van der Waals surface area contributed by atoms with Gasteiger partial charge in [-0.25, -0.2) is 0 Å². The van der Waals surface area contributed by atoms with E-state index in [0.29, 0.717) is 5.41 Å². The number of esters is 1. The van der Waals surface area contributed by atoms with Gasteiger partial charge in [-0.05, 0) is 24.7 Å². The van der Waals surface area contributed by atoms with Crippen molar-refractivity contribution in [2.24, 2.45) is 11.3 Å². The van der Waals surface area contributed by atoms with Gasteiger partial charge in [0.15, 0.2) is 0 Å². The molecule has 64 valence electrons. The van der Waals surface area contributed by atoms with Crippen molar-refractivity contribution < 1.29 is 9.53 Å². The van der Waals surface area contributed by atoms with Gasteiger partial charge in [0.05, 0.1) is 13.0 Å². The Labute approximate surface area is 72.7 Å². The van der Waals surface area contributed by atoms with Crippen molar-refractivity contribution in [2.45, 2.75) is 25.7 Å². The number of ether oxygens (including phenoxy) is 1. The van der Waals surface area contributed by atoms with Crippen LogP contribution in [0.2, 0.25) is 0 Å². The molecular formula is C8H13ClO2. The molecule has 0 aliphatic heterocycles. The van der Waals surface area contributed by atoms with Crippen LogP contribution in [0.25, 0.3) is 0 Å². The maximum Gasteiger partial charge on any atom is 0.309 e. The van der Waals surface area contributed by atoms with Gasteiger partial charge in [-0.2, -0.15) is 0 Å². The average molecular weight is 177 g/mol. The number of carbonyl (C=O) groups excluding carboxylic acids is 1. The van der Waals surface area contributed by atoms with Crippen LogP contribution in [-0.2, 0) is 9.53 Å². The quantitative estimate of drug-likeness (QED) is 0.570. The van der Waals surface area contributed by atoms with E-state index < -0.39 is 0 Å². The minimum atomic E-state index is 0. The second-order valence-electron chi connectivity index (χ2n) is 3.50. The van der Waals surface area contributed by atoms with Crippen molar-refractivity contribution in [2.75, 3.05) is 7.11 Å². The van der Waals surface area contributed by atoms with Gasteiger partial charge >= 0.3 is 5.97 Å². The topological polar surface area (TPSA) is 26.3 Å². The van der Waals surface area contributed by atoms with Gasteiger partial charge in [0.2, 0.25) is 0 Å². The van der Waals surface area contributed by atoms with Crippen LogP contribution in [0.15, 0.2) is 0 Å². The number of carbonyl (C=O) groups is 1. The van der Waals surface area contributed by atoms with Crippen molar-refractivity contribution in [1.82, 2.24) is 0 Å². The lowest BCUT2D eigenvalue weighted by atomic mass is 9.80. The Morgan fingerprint density at radius 3 is 2.45 bits per heavy atom. The lowest BCUT2D eigenvalue weighted by Gasteiger charge is -2.25. The molecule has 0 radical (unpaired) electrons. The van der Waals surface area contributed by atoms with E-state index in [1.54, 1.807) is 0 Å². The first-order valence-electron chi connectivity index (χ1n) is 3.86. The highest BCUT2D eigenvalue weighted by Gasteiger charge is 2.61. The molecule has 1 unspecified atom stereocenters. The van der Waals surface area contributed by atoms with Crippen molar-refractivity contribution in [1.29, 1.82) is 0 Å². The molecule has 0 N–H and O–H groups in total. The third kappa shape index (κ3) is 1.13. The summed E-state index contributed by atoms with van der Waals surface area (Å²) >= 11 is 0. The predicted octanol–water partition coefficient (Wildman–Crippen LogP) is 1.77. The summed E-state index contributed by atoms with van der Waals surface area (Å²) in [5.41, 5.74) is 0.438. The summed E-state index contributed by atoms with van der Waals surface area (Å²) in [7, 11) is 1.48. The predicted molar refractivity (Wildman–Crippen MR) is 43.7 cm³/mol. The fourth-order valence-electron chi connectivity index (χ4n) is 2.01. The molecule has 0 aromatic carbocycles. The lowest BCUT2D eigenvalue weighted by Crippen LogP contribution is -2.19. The van der Waals surface area contributed by atoms with Crippen LogP contribution in [0, 0.1) is 11.3 Å². The molecule has 0 aromatic rings. The van der Waals surface area contributed by atoms with Crippen molar-refractivity contribution in [3.8, 4) is 0 Å². The summed E-state index contributed by atoms with van der Waals surface area (Å²) in [5.74, 6) is 0.283. The van der Waals surface area contributed by atoms with Crippen molar-refractivity contribution in [3.63, 3.8) is 0 Å². The van der Waals surface area contributed by atoms with E-state index in [1.807, 2.05) is 0 Å². The highest BCUT2D eigenvalue weighted by atomic mass is 35.5. The van der Waals surface area contributed by atoms with Crippen LogP contribution in [0.1, 0.15) is 25.7 Å². The van der Waals surface area contributed by atoms with Gasteiger partial charge in [-0.3, -0.25) is 4.79 Å². The van der Waals surface area contributed by atoms with Gasteiger partial charge in [-0.1, -0.05) is 6.42 Å². The standard InChI is InChI=1S/C8H12O2.ClH/c1-10-7(9)6-5-8(6)3-2-4-8;/h6H,2-5H2,1H3;1H. The van der Waals surface area contributed by atoms with E-state index in [0.717, 1.165) is 6.42 Å². The molecule has 2 nitrogen and oxygen atoms in total. The molecule has 2 rings (SSSR count). The Kier molecular flexibility index (Phi) is 2.15. The molecule has 1 spiro atoms. The molecular weight excluding hydrogens is 164 g/mol. The zero-order valence-electron chi connectivity index (χ0n) is 6.63. The zero-order valence-corrected chi connectivity index (χ0v) is 7.45. The fourth-order valence-corrected chi connectivity index (χ4v) is 2.01. The molecule has 11 heavy (non-hydrogen) atoms. The highest BCUT2D eigenvalue weighted by Crippen LogP contribution is 2.65. The average Bonchev–Trinajstić information content (AvgIpc) is 2.59. The second kappa shape index (κ2) is 2.67. The lowest BCUT2D eigenvalue weighted by molar-refractivity contribution is -0.143. The molecule has 2 aliphatic rings. The third-order valence-electron chi connectivity index (χ3n) is 3.02. The normalized spacial score (nSPS) is 30.1. The number of methoxy groups -OCH3 is 1. The maximum absolute atomic E-state index is 11.0. The summed E-state index contributed by atoms with van der Waals surface area (Å²) < 4.78 is 4.67. The Morgan fingerprint density at radius 2 is 2.18 bits per heavy atom. The molecule has 2 fully saturated rings. The van der Waals surface area contributed by atoms with E-state index in [1.165, 1.54) is 26.4 Å². The molecule has 0 heterocycles. The van der Waals surface area contributed by atoms with Gasteiger partial charge in [0.1, 0.15) is 0 Å². The molecule has 1 atom stereocenters. The van der Waals surface area contributed by atoms with E-state index in [4.69, 9.17) is 0 Å². The molecule has 2 aliphatic carbocycles. The van der Waals surface area contributed by atoms with Gasteiger partial charge < -0.3 is 4.74 Å². The summed E-state index contributed by atoms with van der Waals surface area (Å²) in [5, 5.41) is 0. The van der Waals surface area contributed by atoms with Crippen LogP contribution >= 0.6 is 12.4 Å². The Hall–Kier alpha value is -0.240. The van der Waals surface area contributed by atoms with Crippen molar-refractivity contribution in [3.05, 3.63) is 0 Å². The highest BCUT2D eigenvalue weighted by molar-refractivity contribution is 5.85. The first-order chi connectivity index (χ1) is 4.78. The zero-order chi connectivity index (χ0) is 7.19. The monoisotopic (exact) mass is 176 g/mol. The Morgan fingerprint density at radius 1 is 1.55 bits per heavy atom. The largest absolute Gasteiger partial charge is 0.469 e. The maximum atomic E-state index is 11.0. The van der Waals surface area contributed by atoms with Crippen LogP contribution in [0.3, 0.4) is 0 Å². The van der Waals surface area contributed by atoms with Gasteiger partial charge in [0, 0.05) is 0 Å². The van der Waals surface area contributed by atoms with Gasteiger partial charge in [-0.15, -0.1) is 12.4 Å². The SMILES string of the molecule is COC(=O)C1CC12CCC2.Cl. The molecule has 0 saturated heterocycles. The first-order valence-corrected chi connectivity index (χ1v) is 3.86. The summed E-state index contributed by atoms with van der Waals surface area (Å²) in [6.45, 7) is 0. The van der Waals surface area contributed by atoms with E-state index in [-0.39, 0.29) is 24.3 Å². The molecule has 3 heteroatoms. The first kappa shape index (κ1) is 8.85. The minimum Gasteiger partial charge on any atom is -0.469 e. The van der Waals surface area contributed by atoms with Crippen LogP contribution < -0.4 is 0 Å². The Balaban J connectivity index is 0.000000605. The number of hydrogen-bond acceptors (Lipinski definition) is 2. The van der Waals surface area contributed by atoms with Crippen LogP contribution in [0.4, 0.5) is 0 Å². The second-order valence-corrected chi connectivity index (χ2v) is 3.50. The minimum absolute atomic E-state index is 0. The third-order valence-corrected chi connectivity index (χ3v) is 3.02. The van der Waals surface area contributed by atoms with Gasteiger partial charge in [0.25, 0.3) is 0 Å².